The maximum Gasteiger partial charge on any atom is 0.346 e. The zero-order valence-corrected chi connectivity index (χ0v) is 10.2. The molecule has 1 N–H and O–H groups in total. The number of rotatable bonds is 4. The summed E-state index contributed by atoms with van der Waals surface area (Å²) in [6, 6.07) is 9.45. The van der Waals surface area contributed by atoms with Gasteiger partial charge in [0, 0.05) is 5.56 Å². The molecular weight excluding hydrogens is 236 g/mol. The van der Waals surface area contributed by atoms with Crippen LogP contribution in [0.2, 0.25) is 0 Å². The van der Waals surface area contributed by atoms with Gasteiger partial charge in [-0.1, -0.05) is 17.7 Å². The number of benzene rings is 1. The molecule has 0 aliphatic carbocycles. The third-order valence-electron chi connectivity index (χ3n) is 2.36. The van der Waals surface area contributed by atoms with Crippen LogP contribution in [0.25, 0.3) is 0 Å². The molecular formula is C13H12O3S. The molecule has 0 atom stereocenters. The van der Waals surface area contributed by atoms with Crippen molar-refractivity contribution < 1.29 is 14.6 Å². The number of ether oxygens (including phenoxy) is 1. The Balaban J connectivity index is 2.05. The molecule has 88 valence electrons. The molecule has 0 bridgehead atoms. The van der Waals surface area contributed by atoms with E-state index in [-0.39, 0.29) is 6.61 Å². The number of hydrogen-bond donors (Lipinski definition) is 1. The Morgan fingerprint density at radius 1 is 1.29 bits per heavy atom. The lowest BCUT2D eigenvalue weighted by atomic mass is 10.2. The second-order valence-electron chi connectivity index (χ2n) is 3.68. The van der Waals surface area contributed by atoms with Crippen molar-refractivity contribution in [3.8, 4) is 5.75 Å². The number of aryl methyl sites for hydroxylation is 1. The lowest BCUT2D eigenvalue weighted by Gasteiger charge is -2.05. The van der Waals surface area contributed by atoms with Gasteiger partial charge >= 0.3 is 5.97 Å². The Bertz CT molecular complexity index is 514. The minimum Gasteiger partial charge on any atom is -0.489 e. The van der Waals surface area contributed by atoms with Gasteiger partial charge in [-0.05, 0) is 30.5 Å². The maximum atomic E-state index is 10.9. The summed E-state index contributed by atoms with van der Waals surface area (Å²) in [5, 5.41) is 10.7. The Hall–Kier alpha value is -1.81. The zero-order chi connectivity index (χ0) is 12.3. The van der Waals surface area contributed by atoms with Crippen LogP contribution in [0.4, 0.5) is 0 Å². The largest absolute Gasteiger partial charge is 0.489 e. The predicted octanol–water partition coefficient (Wildman–Crippen LogP) is 3.33. The molecule has 0 unspecified atom stereocenters. The Morgan fingerprint density at radius 2 is 2.00 bits per heavy atom. The lowest BCUT2D eigenvalue weighted by Crippen LogP contribution is -2.01. The van der Waals surface area contributed by atoms with E-state index in [4.69, 9.17) is 9.84 Å². The summed E-state index contributed by atoms with van der Waals surface area (Å²) < 4.78 is 5.54. The Kier molecular flexibility index (Phi) is 3.44. The third-order valence-corrected chi connectivity index (χ3v) is 3.30. The molecule has 3 nitrogen and oxygen atoms in total. The molecule has 0 spiro atoms. The summed E-state index contributed by atoms with van der Waals surface area (Å²) in [5.74, 6) is -0.152. The van der Waals surface area contributed by atoms with Crippen molar-refractivity contribution in [3.63, 3.8) is 0 Å². The monoisotopic (exact) mass is 248 g/mol. The van der Waals surface area contributed by atoms with Crippen molar-refractivity contribution in [2.24, 2.45) is 0 Å². The molecule has 4 heteroatoms. The van der Waals surface area contributed by atoms with E-state index in [9.17, 15) is 4.79 Å². The summed E-state index contributed by atoms with van der Waals surface area (Å²) in [7, 11) is 0. The average molecular weight is 248 g/mol. The predicted molar refractivity (Wildman–Crippen MR) is 66.8 cm³/mol. The minimum atomic E-state index is -0.900. The van der Waals surface area contributed by atoms with Crippen LogP contribution in [0.3, 0.4) is 0 Å². The summed E-state index contributed by atoms with van der Waals surface area (Å²) in [5.41, 5.74) is 1.88. The smallest absolute Gasteiger partial charge is 0.346 e. The fourth-order valence-corrected chi connectivity index (χ4v) is 2.18. The normalized spacial score (nSPS) is 10.2. The second-order valence-corrected chi connectivity index (χ2v) is 4.60. The van der Waals surface area contributed by atoms with Crippen LogP contribution in [-0.4, -0.2) is 11.1 Å². The number of thiophene rings is 1. The molecule has 2 aromatic rings. The van der Waals surface area contributed by atoms with E-state index in [0.29, 0.717) is 10.4 Å². The second kappa shape index (κ2) is 5.01. The van der Waals surface area contributed by atoms with Crippen molar-refractivity contribution >= 4 is 17.3 Å². The molecule has 0 radical (unpaired) electrons. The van der Waals surface area contributed by atoms with Crippen molar-refractivity contribution in [2.45, 2.75) is 13.5 Å². The van der Waals surface area contributed by atoms with Gasteiger partial charge in [-0.15, -0.1) is 11.3 Å². The first-order valence-corrected chi connectivity index (χ1v) is 6.04. The zero-order valence-electron chi connectivity index (χ0n) is 9.34. The molecule has 1 aromatic heterocycles. The Labute approximate surface area is 103 Å². The van der Waals surface area contributed by atoms with Crippen LogP contribution in [0.15, 0.2) is 35.7 Å². The highest BCUT2D eigenvalue weighted by atomic mass is 32.1. The molecule has 0 aliphatic heterocycles. The SMILES string of the molecule is Cc1ccc(OCc2ccsc2C(=O)O)cc1. The molecule has 0 fully saturated rings. The number of carboxylic acid groups (broad SMARTS) is 1. The molecule has 1 aromatic carbocycles. The fraction of sp³-hybridized carbons (Fsp3) is 0.154. The van der Waals surface area contributed by atoms with Crippen LogP contribution in [0.1, 0.15) is 20.8 Å². The molecule has 1 heterocycles. The summed E-state index contributed by atoms with van der Waals surface area (Å²) in [6.45, 7) is 2.29. The van der Waals surface area contributed by atoms with Crippen LogP contribution in [0, 0.1) is 6.92 Å². The highest BCUT2D eigenvalue weighted by Gasteiger charge is 2.11. The van der Waals surface area contributed by atoms with Gasteiger partial charge in [-0.25, -0.2) is 4.79 Å². The van der Waals surface area contributed by atoms with Gasteiger partial charge in [-0.3, -0.25) is 0 Å². The third kappa shape index (κ3) is 2.85. The molecule has 0 saturated carbocycles. The first-order chi connectivity index (χ1) is 8.16. The van der Waals surface area contributed by atoms with Crippen LogP contribution in [-0.2, 0) is 6.61 Å². The number of aromatic carboxylic acids is 1. The van der Waals surface area contributed by atoms with Gasteiger partial charge in [0.15, 0.2) is 0 Å². The first-order valence-electron chi connectivity index (χ1n) is 5.16. The standard InChI is InChI=1S/C13H12O3S/c1-9-2-4-11(5-3-9)16-8-10-6-7-17-12(10)13(14)15/h2-7H,8H2,1H3,(H,14,15). The molecule has 2 rings (SSSR count). The summed E-state index contributed by atoms with van der Waals surface area (Å²) in [4.78, 5) is 11.2. The topological polar surface area (TPSA) is 46.5 Å². The number of carbonyl (C=O) groups is 1. The van der Waals surface area contributed by atoms with E-state index in [1.165, 1.54) is 16.9 Å². The van der Waals surface area contributed by atoms with Crippen molar-refractivity contribution in [2.75, 3.05) is 0 Å². The number of carboxylic acids is 1. The van der Waals surface area contributed by atoms with E-state index in [0.717, 1.165) is 5.75 Å². The van der Waals surface area contributed by atoms with Gasteiger partial charge in [0.25, 0.3) is 0 Å². The van der Waals surface area contributed by atoms with E-state index in [1.54, 1.807) is 11.4 Å². The van der Waals surface area contributed by atoms with E-state index >= 15 is 0 Å². The molecule has 0 amide bonds. The van der Waals surface area contributed by atoms with Crippen LogP contribution >= 0.6 is 11.3 Å². The van der Waals surface area contributed by atoms with Crippen molar-refractivity contribution in [1.82, 2.24) is 0 Å². The Morgan fingerprint density at radius 3 is 2.65 bits per heavy atom. The van der Waals surface area contributed by atoms with Gasteiger partial charge in [0.05, 0.1) is 0 Å². The first kappa shape index (κ1) is 11.7. The van der Waals surface area contributed by atoms with Gasteiger partial charge in [0.2, 0.25) is 0 Å². The average Bonchev–Trinajstić information content (AvgIpc) is 2.76. The van der Waals surface area contributed by atoms with Crippen LogP contribution < -0.4 is 4.74 Å². The summed E-state index contributed by atoms with van der Waals surface area (Å²) >= 11 is 1.22. The van der Waals surface area contributed by atoms with Crippen LogP contribution in [0.5, 0.6) is 5.75 Å². The summed E-state index contributed by atoms with van der Waals surface area (Å²) in [6.07, 6.45) is 0. The van der Waals surface area contributed by atoms with E-state index < -0.39 is 5.97 Å². The molecule has 0 saturated heterocycles. The molecule has 17 heavy (non-hydrogen) atoms. The minimum absolute atomic E-state index is 0.286. The van der Waals surface area contributed by atoms with Crippen molar-refractivity contribution in [1.29, 1.82) is 0 Å². The quantitative estimate of drug-likeness (QED) is 0.902. The van der Waals surface area contributed by atoms with E-state index in [2.05, 4.69) is 0 Å². The van der Waals surface area contributed by atoms with E-state index in [1.807, 2.05) is 31.2 Å². The van der Waals surface area contributed by atoms with Crippen molar-refractivity contribution in [3.05, 3.63) is 51.7 Å². The number of hydrogen-bond acceptors (Lipinski definition) is 3. The highest BCUT2D eigenvalue weighted by molar-refractivity contribution is 7.12. The van der Waals surface area contributed by atoms with Gasteiger partial charge in [0.1, 0.15) is 17.2 Å². The maximum absolute atomic E-state index is 10.9. The fourth-order valence-electron chi connectivity index (χ4n) is 1.43. The molecule has 0 aliphatic rings. The lowest BCUT2D eigenvalue weighted by molar-refractivity contribution is 0.0699. The van der Waals surface area contributed by atoms with Gasteiger partial charge < -0.3 is 9.84 Å². The highest BCUT2D eigenvalue weighted by Crippen LogP contribution is 2.19. The van der Waals surface area contributed by atoms with Gasteiger partial charge in [-0.2, -0.15) is 0 Å².